The summed E-state index contributed by atoms with van der Waals surface area (Å²) in [4.78, 5) is 24.0. The lowest BCUT2D eigenvalue weighted by Gasteiger charge is -2.10. The van der Waals surface area contributed by atoms with E-state index >= 15 is 0 Å². The Morgan fingerprint density at radius 3 is 2.86 bits per heavy atom. The highest BCUT2D eigenvalue weighted by molar-refractivity contribution is 8.26. The van der Waals surface area contributed by atoms with Crippen molar-refractivity contribution in [2.24, 2.45) is 0 Å². The van der Waals surface area contributed by atoms with Gasteiger partial charge in [-0.1, -0.05) is 30.1 Å². The summed E-state index contributed by atoms with van der Waals surface area (Å²) in [5, 5.41) is 20.5. The van der Waals surface area contributed by atoms with E-state index in [-0.39, 0.29) is 22.9 Å². The second kappa shape index (κ2) is 6.06. The summed E-state index contributed by atoms with van der Waals surface area (Å²) in [6.07, 6.45) is 2.95. The Labute approximate surface area is 129 Å². The molecule has 0 radical (unpaired) electrons. The highest BCUT2D eigenvalue weighted by atomic mass is 32.2. The van der Waals surface area contributed by atoms with Crippen LogP contribution in [0.1, 0.15) is 5.56 Å². The van der Waals surface area contributed by atoms with Gasteiger partial charge in [0.05, 0.1) is 9.83 Å². The van der Waals surface area contributed by atoms with Gasteiger partial charge in [0.1, 0.15) is 10.1 Å². The number of nitrogens with zero attached hydrogens (tertiary/aromatic N) is 2. The topological polar surface area (TPSA) is 83.7 Å². The van der Waals surface area contributed by atoms with Gasteiger partial charge in [0.15, 0.2) is 0 Å². The van der Waals surface area contributed by atoms with Gasteiger partial charge >= 0.3 is 0 Å². The van der Waals surface area contributed by atoms with Gasteiger partial charge in [-0.2, -0.15) is 0 Å². The van der Waals surface area contributed by atoms with Crippen LogP contribution in [0.4, 0.5) is 5.69 Å². The molecule has 1 heterocycles. The van der Waals surface area contributed by atoms with E-state index in [1.165, 1.54) is 29.2 Å². The molecule has 0 aliphatic carbocycles. The molecule has 0 spiro atoms. The molecule has 1 N–H and O–H groups in total. The van der Waals surface area contributed by atoms with Crippen molar-refractivity contribution in [3.05, 3.63) is 51.4 Å². The van der Waals surface area contributed by atoms with Crippen molar-refractivity contribution in [2.45, 2.75) is 0 Å². The smallest absolute Gasteiger partial charge is 0.270 e. The predicted octanol–water partition coefficient (Wildman–Crippen LogP) is 2.69. The van der Waals surface area contributed by atoms with E-state index < -0.39 is 4.92 Å². The number of aromatic hydroxyl groups is 1. The summed E-state index contributed by atoms with van der Waals surface area (Å²) in [5.74, 6) is -0.453. The van der Waals surface area contributed by atoms with E-state index in [9.17, 15) is 20.0 Å². The van der Waals surface area contributed by atoms with Crippen LogP contribution in [0.3, 0.4) is 0 Å². The van der Waals surface area contributed by atoms with Crippen LogP contribution in [-0.2, 0) is 4.79 Å². The second-order valence-electron chi connectivity index (χ2n) is 4.08. The van der Waals surface area contributed by atoms with E-state index in [2.05, 4.69) is 6.58 Å². The van der Waals surface area contributed by atoms with E-state index in [4.69, 9.17) is 12.2 Å². The first kappa shape index (κ1) is 15.2. The SMILES string of the molecule is C=CCN1C(=O)/C(=C\c2cc([N+](=O)[O-])ccc2O)SC1=S. The van der Waals surface area contributed by atoms with Crippen molar-refractivity contribution < 1.29 is 14.8 Å². The number of phenolic OH excluding ortho intramolecular Hbond substituents is 1. The summed E-state index contributed by atoms with van der Waals surface area (Å²) in [6.45, 7) is 3.84. The summed E-state index contributed by atoms with van der Waals surface area (Å²) >= 11 is 6.16. The first-order valence-electron chi connectivity index (χ1n) is 5.77. The monoisotopic (exact) mass is 322 g/mol. The summed E-state index contributed by atoms with van der Waals surface area (Å²) in [6, 6.07) is 3.61. The summed E-state index contributed by atoms with van der Waals surface area (Å²) < 4.78 is 0.385. The third-order valence-electron chi connectivity index (χ3n) is 2.69. The lowest BCUT2D eigenvalue weighted by molar-refractivity contribution is -0.384. The number of hydrogen-bond acceptors (Lipinski definition) is 6. The van der Waals surface area contributed by atoms with Crippen LogP contribution < -0.4 is 0 Å². The number of rotatable bonds is 4. The van der Waals surface area contributed by atoms with Gasteiger partial charge in [-0.05, 0) is 12.1 Å². The van der Waals surface area contributed by atoms with Crippen LogP contribution in [0.15, 0.2) is 35.8 Å². The molecule has 1 amide bonds. The summed E-state index contributed by atoms with van der Waals surface area (Å²) in [7, 11) is 0. The second-order valence-corrected chi connectivity index (χ2v) is 5.76. The fourth-order valence-electron chi connectivity index (χ4n) is 1.70. The van der Waals surface area contributed by atoms with Crippen LogP contribution in [0.5, 0.6) is 5.75 Å². The number of hydrogen-bond donors (Lipinski definition) is 1. The van der Waals surface area contributed by atoms with Gasteiger partial charge < -0.3 is 5.11 Å². The highest BCUT2D eigenvalue weighted by Gasteiger charge is 2.31. The molecule has 0 aromatic heterocycles. The van der Waals surface area contributed by atoms with Crippen LogP contribution in [0.2, 0.25) is 0 Å². The number of amides is 1. The van der Waals surface area contributed by atoms with Gasteiger partial charge in [-0.15, -0.1) is 6.58 Å². The largest absolute Gasteiger partial charge is 0.507 e. The van der Waals surface area contributed by atoms with Crippen LogP contribution in [0.25, 0.3) is 6.08 Å². The van der Waals surface area contributed by atoms with E-state index in [0.29, 0.717) is 15.8 Å². The Balaban J connectivity index is 2.38. The standard InChI is InChI=1S/C13H10N2O4S2/c1-2-5-14-12(17)11(21-13(14)20)7-8-6-9(15(18)19)3-4-10(8)16/h2-4,6-7,16H,1,5H2/b11-7+. The quantitative estimate of drug-likeness (QED) is 0.302. The minimum absolute atomic E-state index is 0.144. The van der Waals surface area contributed by atoms with Crippen LogP contribution in [0, 0.1) is 10.1 Å². The van der Waals surface area contributed by atoms with Crippen molar-refractivity contribution in [2.75, 3.05) is 6.54 Å². The normalized spacial score (nSPS) is 16.6. The third kappa shape index (κ3) is 3.11. The first-order chi connectivity index (χ1) is 9.93. The first-order valence-corrected chi connectivity index (χ1v) is 7.00. The molecule has 8 heteroatoms. The number of thiocarbonyl (C=S) groups is 1. The zero-order valence-electron chi connectivity index (χ0n) is 10.7. The fraction of sp³-hybridized carbons (Fsp3) is 0.0769. The lowest BCUT2D eigenvalue weighted by atomic mass is 10.1. The minimum Gasteiger partial charge on any atom is -0.507 e. The number of benzene rings is 1. The molecule has 6 nitrogen and oxygen atoms in total. The molecule has 1 aromatic rings. The van der Waals surface area contributed by atoms with Crippen molar-refractivity contribution in [1.29, 1.82) is 0 Å². The molecule has 108 valence electrons. The van der Waals surface area contributed by atoms with E-state index in [1.54, 1.807) is 6.08 Å². The molecule has 2 rings (SSSR count). The number of nitro benzene ring substituents is 1. The summed E-state index contributed by atoms with van der Waals surface area (Å²) in [5.41, 5.74) is 0.0314. The van der Waals surface area contributed by atoms with Gasteiger partial charge in [0.25, 0.3) is 11.6 Å². The zero-order valence-corrected chi connectivity index (χ0v) is 12.3. The third-order valence-corrected chi connectivity index (χ3v) is 4.07. The van der Waals surface area contributed by atoms with E-state index in [1.807, 2.05) is 0 Å². The zero-order chi connectivity index (χ0) is 15.6. The Kier molecular flexibility index (Phi) is 4.39. The van der Waals surface area contributed by atoms with Crippen LogP contribution in [-0.4, -0.2) is 31.7 Å². The maximum absolute atomic E-state index is 12.1. The number of carbonyl (C=O) groups is 1. The Hall–Kier alpha value is -2.19. The van der Waals surface area contributed by atoms with Gasteiger partial charge in [-0.25, -0.2) is 0 Å². The maximum Gasteiger partial charge on any atom is 0.270 e. The van der Waals surface area contributed by atoms with Crippen molar-refractivity contribution in [3.63, 3.8) is 0 Å². The molecule has 21 heavy (non-hydrogen) atoms. The van der Waals surface area contributed by atoms with Gasteiger partial charge in [-0.3, -0.25) is 19.8 Å². The molecule has 0 saturated carbocycles. The Bertz CT molecular complexity index is 685. The van der Waals surface area contributed by atoms with Crippen LogP contribution >= 0.6 is 24.0 Å². The number of nitro groups is 1. The van der Waals surface area contributed by atoms with Gasteiger partial charge in [0.2, 0.25) is 0 Å². The van der Waals surface area contributed by atoms with Crippen molar-refractivity contribution >= 4 is 46.0 Å². The lowest BCUT2D eigenvalue weighted by Crippen LogP contribution is -2.27. The molecule has 1 aromatic carbocycles. The average molecular weight is 322 g/mol. The molecule has 0 unspecified atom stereocenters. The van der Waals surface area contributed by atoms with Gasteiger partial charge in [0, 0.05) is 24.2 Å². The predicted molar refractivity (Wildman–Crippen MR) is 84.8 cm³/mol. The number of carbonyl (C=O) groups excluding carboxylic acids is 1. The van der Waals surface area contributed by atoms with Crippen molar-refractivity contribution in [1.82, 2.24) is 4.90 Å². The molecule has 0 bridgehead atoms. The molecular weight excluding hydrogens is 312 g/mol. The fourth-order valence-corrected chi connectivity index (χ4v) is 2.96. The Morgan fingerprint density at radius 1 is 1.52 bits per heavy atom. The molecule has 1 fully saturated rings. The molecule has 1 aliphatic heterocycles. The number of phenols is 1. The number of non-ortho nitro benzene ring substituents is 1. The average Bonchev–Trinajstić information content (AvgIpc) is 2.69. The van der Waals surface area contributed by atoms with Crippen molar-refractivity contribution in [3.8, 4) is 5.75 Å². The molecule has 1 saturated heterocycles. The molecule has 0 atom stereocenters. The number of thioether (sulfide) groups is 1. The maximum atomic E-state index is 12.1. The Morgan fingerprint density at radius 2 is 2.24 bits per heavy atom. The molecule has 1 aliphatic rings. The molecular formula is C13H10N2O4S2. The minimum atomic E-state index is -0.570. The highest BCUT2D eigenvalue weighted by Crippen LogP contribution is 2.34. The van der Waals surface area contributed by atoms with E-state index in [0.717, 1.165) is 11.8 Å².